The van der Waals surface area contributed by atoms with Gasteiger partial charge < -0.3 is 10.6 Å². The van der Waals surface area contributed by atoms with E-state index in [1.165, 1.54) is 11.1 Å². The molecule has 1 amide bonds. The van der Waals surface area contributed by atoms with Crippen molar-refractivity contribution in [2.75, 3.05) is 18.8 Å². The highest BCUT2D eigenvalue weighted by atomic mass is 35.5. The summed E-state index contributed by atoms with van der Waals surface area (Å²) in [5, 5.41) is 6.40. The largest absolute Gasteiger partial charge is 0.351 e. The summed E-state index contributed by atoms with van der Waals surface area (Å²) in [4.78, 5) is 11.8. The van der Waals surface area contributed by atoms with E-state index in [0.717, 1.165) is 31.7 Å². The SMILES string of the molecule is Cc1cccc(CSCC(=O)N[C@H]2CCCNC2)c1.Cl. The van der Waals surface area contributed by atoms with Crippen molar-refractivity contribution in [3.8, 4) is 0 Å². The van der Waals surface area contributed by atoms with E-state index < -0.39 is 0 Å². The first-order valence-electron chi connectivity index (χ1n) is 6.87. The van der Waals surface area contributed by atoms with E-state index in [4.69, 9.17) is 0 Å². The van der Waals surface area contributed by atoms with Crippen LogP contribution in [-0.4, -0.2) is 30.8 Å². The molecule has 3 nitrogen and oxygen atoms in total. The molecule has 2 N–H and O–H groups in total. The maximum absolute atomic E-state index is 11.8. The minimum absolute atomic E-state index is 0. The predicted molar refractivity (Wildman–Crippen MR) is 88.6 cm³/mol. The average Bonchev–Trinajstić information content (AvgIpc) is 2.40. The van der Waals surface area contributed by atoms with Gasteiger partial charge in [0.15, 0.2) is 0 Å². The van der Waals surface area contributed by atoms with Crippen LogP contribution < -0.4 is 10.6 Å². The Morgan fingerprint density at radius 1 is 1.50 bits per heavy atom. The van der Waals surface area contributed by atoms with Crippen molar-refractivity contribution in [1.82, 2.24) is 10.6 Å². The van der Waals surface area contributed by atoms with Gasteiger partial charge in [-0.2, -0.15) is 0 Å². The van der Waals surface area contributed by atoms with Gasteiger partial charge in [0.2, 0.25) is 5.91 Å². The number of thioether (sulfide) groups is 1. The summed E-state index contributed by atoms with van der Waals surface area (Å²) in [5.74, 6) is 1.61. The molecule has 20 heavy (non-hydrogen) atoms. The molecule has 0 aromatic heterocycles. The van der Waals surface area contributed by atoms with Gasteiger partial charge in [0.1, 0.15) is 0 Å². The zero-order chi connectivity index (χ0) is 13.5. The zero-order valence-electron chi connectivity index (χ0n) is 11.9. The number of hydrogen-bond donors (Lipinski definition) is 2. The fourth-order valence-electron chi connectivity index (χ4n) is 2.31. The smallest absolute Gasteiger partial charge is 0.230 e. The van der Waals surface area contributed by atoms with Gasteiger partial charge in [-0.15, -0.1) is 24.2 Å². The summed E-state index contributed by atoms with van der Waals surface area (Å²) in [6.45, 7) is 4.08. The monoisotopic (exact) mass is 314 g/mol. The van der Waals surface area contributed by atoms with E-state index in [2.05, 4.69) is 41.8 Å². The topological polar surface area (TPSA) is 41.1 Å². The third-order valence-corrected chi connectivity index (χ3v) is 4.25. The van der Waals surface area contributed by atoms with Crippen LogP contribution in [0.3, 0.4) is 0 Å². The maximum Gasteiger partial charge on any atom is 0.230 e. The number of aryl methyl sites for hydroxylation is 1. The van der Waals surface area contributed by atoms with Gasteiger partial charge in [0.25, 0.3) is 0 Å². The van der Waals surface area contributed by atoms with Gasteiger partial charge >= 0.3 is 0 Å². The molecule has 1 fully saturated rings. The molecule has 5 heteroatoms. The van der Waals surface area contributed by atoms with E-state index in [1.807, 2.05) is 0 Å². The third kappa shape index (κ3) is 6.16. The summed E-state index contributed by atoms with van der Waals surface area (Å²) in [7, 11) is 0. The van der Waals surface area contributed by atoms with Crippen molar-refractivity contribution in [2.24, 2.45) is 0 Å². The molecule has 1 aromatic carbocycles. The molecule has 0 unspecified atom stereocenters. The predicted octanol–water partition coefficient (Wildman–Crippen LogP) is 2.52. The van der Waals surface area contributed by atoms with Crippen molar-refractivity contribution in [2.45, 2.75) is 31.6 Å². The normalized spacial score (nSPS) is 18.1. The molecular weight excluding hydrogens is 292 g/mol. The van der Waals surface area contributed by atoms with E-state index >= 15 is 0 Å². The third-order valence-electron chi connectivity index (χ3n) is 3.25. The van der Waals surface area contributed by atoms with Gasteiger partial charge in [-0.05, 0) is 31.9 Å². The lowest BCUT2D eigenvalue weighted by Gasteiger charge is -2.23. The molecule has 1 aliphatic heterocycles. The first-order valence-corrected chi connectivity index (χ1v) is 8.03. The van der Waals surface area contributed by atoms with Crippen LogP contribution in [-0.2, 0) is 10.5 Å². The molecule has 0 aliphatic carbocycles. The van der Waals surface area contributed by atoms with Crippen LogP contribution in [0.2, 0.25) is 0 Å². The van der Waals surface area contributed by atoms with Crippen LogP contribution in [0, 0.1) is 6.92 Å². The Bertz CT molecular complexity index is 422. The molecule has 1 aromatic rings. The molecule has 2 rings (SSSR count). The Kier molecular flexibility index (Phi) is 8.04. The Hall–Kier alpha value is -0.710. The highest BCUT2D eigenvalue weighted by molar-refractivity contribution is 7.99. The number of rotatable bonds is 5. The Morgan fingerprint density at radius 3 is 3.05 bits per heavy atom. The first kappa shape index (κ1) is 17.3. The summed E-state index contributed by atoms with van der Waals surface area (Å²) in [6, 6.07) is 8.77. The van der Waals surface area contributed by atoms with E-state index in [0.29, 0.717) is 11.8 Å². The van der Waals surface area contributed by atoms with Crippen molar-refractivity contribution in [1.29, 1.82) is 0 Å². The van der Waals surface area contributed by atoms with Crippen molar-refractivity contribution < 1.29 is 4.79 Å². The van der Waals surface area contributed by atoms with Gasteiger partial charge in [-0.25, -0.2) is 0 Å². The Labute approximate surface area is 131 Å². The first-order chi connectivity index (χ1) is 9.24. The molecule has 0 bridgehead atoms. The minimum Gasteiger partial charge on any atom is -0.351 e. The second-order valence-electron chi connectivity index (χ2n) is 5.09. The van der Waals surface area contributed by atoms with Crippen LogP contribution in [0.25, 0.3) is 0 Å². The van der Waals surface area contributed by atoms with Gasteiger partial charge in [0, 0.05) is 18.3 Å². The Balaban J connectivity index is 0.00000200. The highest BCUT2D eigenvalue weighted by Gasteiger charge is 2.14. The second-order valence-corrected chi connectivity index (χ2v) is 6.08. The quantitative estimate of drug-likeness (QED) is 0.877. The summed E-state index contributed by atoms with van der Waals surface area (Å²) in [6.07, 6.45) is 2.25. The van der Waals surface area contributed by atoms with Crippen LogP contribution in [0.1, 0.15) is 24.0 Å². The van der Waals surface area contributed by atoms with Crippen LogP contribution >= 0.6 is 24.2 Å². The summed E-state index contributed by atoms with van der Waals surface area (Å²) >= 11 is 1.68. The molecule has 1 heterocycles. The molecule has 0 radical (unpaired) electrons. The van der Waals surface area contributed by atoms with Gasteiger partial charge in [-0.1, -0.05) is 29.8 Å². The number of carbonyl (C=O) groups excluding carboxylic acids is 1. The van der Waals surface area contributed by atoms with E-state index in [9.17, 15) is 4.79 Å². The molecule has 1 aliphatic rings. The molecule has 1 atom stereocenters. The average molecular weight is 315 g/mol. The lowest BCUT2D eigenvalue weighted by Crippen LogP contribution is -2.46. The maximum atomic E-state index is 11.8. The zero-order valence-corrected chi connectivity index (χ0v) is 13.5. The van der Waals surface area contributed by atoms with Crippen molar-refractivity contribution >= 4 is 30.1 Å². The number of nitrogens with one attached hydrogen (secondary N) is 2. The number of carbonyl (C=O) groups is 1. The summed E-state index contributed by atoms with van der Waals surface area (Å²) < 4.78 is 0. The van der Waals surface area contributed by atoms with Crippen LogP contribution in [0.15, 0.2) is 24.3 Å². The fraction of sp³-hybridized carbons (Fsp3) is 0.533. The number of halogens is 1. The van der Waals surface area contributed by atoms with Gasteiger partial charge in [0.05, 0.1) is 5.75 Å². The molecule has 1 saturated heterocycles. The number of piperidine rings is 1. The van der Waals surface area contributed by atoms with Gasteiger partial charge in [-0.3, -0.25) is 4.79 Å². The fourth-order valence-corrected chi connectivity index (χ4v) is 3.09. The number of hydrogen-bond acceptors (Lipinski definition) is 3. The van der Waals surface area contributed by atoms with Crippen LogP contribution in [0.5, 0.6) is 0 Å². The summed E-state index contributed by atoms with van der Waals surface area (Å²) in [5.41, 5.74) is 2.56. The van der Waals surface area contributed by atoms with Crippen LogP contribution in [0.4, 0.5) is 0 Å². The lowest BCUT2D eigenvalue weighted by molar-refractivity contribution is -0.119. The number of benzene rings is 1. The Morgan fingerprint density at radius 2 is 2.35 bits per heavy atom. The molecular formula is C15H23ClN2OS. The van der Waals surface area contributed by atoms with E-state index in [-0.39, 0.29) is 18.3 Å². The highest BCUT2D eigenvalue weighted by Crippen LogP contribution is 2.13. The molecule has 112 valence electrons. The second kappa shape index (κ2) is 9.27. The molecule has 0 spiro atoms. The van der Waals surface area contributed by atoms with E-state index in [1.54, 1.807) is 11.8 Å². The van der Waals surface area contributed by atoms with Crippen molar-refractivity contribution in [3.63, 3.8) is 0 Å². The molecule has 0 saturated carbocycles. The van der Waals surface area contributed by atoms with Crippen molar-refractivity contribution in [3.05, 3.63) is 35.4 Å². The standard InChI is InChI=1S/C15H22N2OS.ClH/c1-12-4-2-5-13(8-12)10-19-11-15(18)17-14-6-3-7-16-9-14;/h2,4-5,8,14,16H,3,6-7,9-11H2,1H3,(H,17,18);1H/t14-;/m0./s1. The number of amides is 1. The minimum atomic E-state index is 0. The lowest BCUT2D eigenvalue weighted by atomic mass is 10.1.